The lowest BCUT2D eigenvalue weighted by molar-refractivity contribution is -0.136. The Morgan fingerprint density at radius 2 is 1.66 bits per heavy atom. The Morgan fingerprint density at radius 3 is 2.37 bits per heavy atom. The van der Waals surface area contributed by atoms with E-state index in [2.05, 4.69) is 15.8 Å². The van der Waals surface area contributed by atoms with Gasteiger partial charge in [0, 0.05) is 15.6 Å². The summed E-state index contributed by atoms with van der Waals surface area (Å²) in [6.07, 6.45) is 1.37. The Bertz CT molecular complexity index is 1210. The molecule has 0 unspecified atom stereocenters. The van der Waals surface area contributed by atoms with Crippen LogP contribution < -0.4 is 25.0 Å². The molecule has 0 fully saturated rings. The third-order valence-corrected chi connectivity index (χ3v) is 5.35. The molecule has 0 aliphatic heterocycles. The van der Waals surface area contributed by atoms with Gasteiger partial charge in [0.05, 0.1) is 25.6 Å². The molecule has 8 nitrogen and oxygen atoms in total. The smallest absolute Gasteiger partial charge is 0.329 e. The predicted molar refractivity (Wildman–Crippen MR) is 136 cm³/mol. The van der Waals surface area contributed by atoms with Crippen molar-refractivity contribution in [1.29, 1.82) is 0 Å². The summed E-state index contributed by atoms with van der Waals surface area (Å²) in [4.78, 5) is 24.3. The van der Waals surface area contributed by atoms with E-state index in [-0.39, 0.29) is 6.61 Å². The normalized spacial score (nSPS) is 10.6. The maximum Gasteiger partial charge on any atom is 0.329 e. The van der Waals surface area contributed by atoms with Crippen LogP contribution in [0, 0.1) is 0 Å². The van der Waals surface area contributed by atoms with Gasteiger partial charge in [-0.05, 0) is 55.0 Å². The topological polar surface area (TPSA) is 98.2 Å². The Hall–Kier alpha value is -3.75. The van der Waals surface area contributed by atoms with Gasteiger partial charge in [-0.3, -0.25) is 9.59 Å². The molecule has 3 aromatic carbocycles. The van der Waals surface area contributed by atoms with Crippen LogP contribution in [0.15, 0.2) is 65.8 Å². The molecule has 0 aliphatic rings. The molecule has 0 heterocycles. The molecule has 0 saturated heterocycles. The second-order valence-electron chi connectivity index (χ2n) is 6.98. The fourth-order valence-electron chi connectivity index (χ4n) is 2.95. The number of halogens is 2. The number of amides is 2. The van der Waals surface area contributed by atoms with E-state index in [0.717, 1.165) is 0 Å². The summed E-state index contributed by atoms with van der Waals surface area (Å²) in [5.41, 5.74) is 3.84. The van der Waals surface area contributed by atoms with Crippen LogP contribution in [0.2, 0.25) is 10.0 Å². The molecule has 0 radical (unpaired) electrons. The number of methoxy groups -OCH3 is 1. The number of anilines is 1. The van der Waals surface area contributed by atoms with E-state index in [0.29, 0.717) is 50.7 Å². The lowest BCUT2D eigenvalue weighted by atomic mass is 10.2. The van der Waals surface area contributed by atoms with Gasteiger partial charge < -0.3 is 19.5 Å². The van der Waals surface area contributed by atoms with Crippen LogP contribution in [-0.2, 0) is 16.2 Å². The lowest BCUT2D eigenvalue weighted by Crippen LogP contribution is -2.32. The molecular weight excluding hydrogens is 493 g/mol. The van der Waals surface area contributed by atoms with Crippen molar-refractivity contribution >= 4 is 46.9 Å². The van der Waals surface area contributed by atoms with Crippen molar-refractivity contribution in [2.45, 2.75) is 13.5 Å². The summed E-state index contributed by atoms with van der Waals surface area (Å²) in [6.45, 7) is 2.40. The number of nitrogens with zero attached hydrogens (tertiary/aromatic N) is 1. The largest absolute Gasteiger partial charge is 0.493 e. The number of hydrogen-bond acceptors (Lipinski definition) is 6. The zero-order chi connectivity index (χ0) is 25.2. The molecule has 0 saturated carbocycles. The van der Waals surface area contributed by atoms with Gasteiger partial charge in [-0.1, -0.05) is 41.4 Å². The zero-order valence-electron chi connectivity index (χ0n) is 19.0. The quantitative estimate of drug-likeness (QED) is 0.235. The number of carbonyl (C=O) groups excluding carboxylic acids is 2. The highest BCUT2D eigenvalue weighted by atomic mass is 35.5. The van der Waals surface area contributed by atoms with Crippen molar-refractivity contribution in [2.75, 3.05) is 19.0 Å². The number of carbonyl (C=O) groups is 2. The lowest BCUT2D eigenvalue weighted by Gasteiger charge is -2.13. The molecule has 0 spiro atoms. The van der Waals surface area contributed by atoms with E-state index in [9.17, 15) is 9.59 Å². The summed E-state index contributed by atoms with van der Waals surface area (Å²) < 4.78 is 16.6. The molecule has 3 aromatic rings. The van der Waals surface area contributed by atoms with Crippen LogP contribution in [0.5, 0.6) is 17.2 Å². The predicted octanol–water partition coefficient (Wildman–Crippen LogP) is 5.07. The highest BCUT2D eigenvalue weighted by molar-refractivity contribution is 6.39. The first-order valence-electron chi connectivity index (χ1n) is 10.5. The molecular formula is C25H23Cl2N3O5. The molecule has 0 bridgehead atoms. The highest BCUT2D eigenvalue weighted by Crippen LogP contribution is 2.31. The van der Waals surface area contributed by atoms with E-state index < -0.39 is 11.8 Å². The minimum absolute atomic E-state index is 0.153. The average Bonchev–Trinajstić information content (AvgIpc) is 2.85. The van der Waals surface area contributed by atoms with Gasteiger partial charge in [-0.25, -0.2) is 5.43 Å². The van der Waals surface area contributed by atoms with Gasteiger partial charge in [-0.15, -0.1) is 0 Å². The van der Waals surface area contributed by atoms with Crippen LogP contribution in [0.1, 0.15) is 18.1 Å². The molecule has 10 heteroatoms. The first-order chi connectivity index (χ1) is 16.9. The van der Waals surface area contributed by atoms with Crippen molar-refractivity contribution < 1.29 is 23.8 Å². The number of rotatable bonds is 9. The van der Waals surface area contributed by atoms with Gasteiger partial charge in [0.25, 0.3) is 0 Å². The van der Waals surface area contributed by atoms with E-state index in [1.807, 2.05) is 6.92 Å². The molecule has 2 N–H and O–H groups in total. The molecule has 2 amide bonds. The highest BCUT2D eigenvalue weighted by Gasteiger charge is 2.15. The van der Waals surface area contributed by atoms with Crippen molar-refractivity contribution in [2.24, 2.45) is 5.10 Å². The van der Waals surface area contributed by atoms with Crippen LogP contribution in [-0.4, -0.2) is 31.7 Å². The van der Waals surface area contributed by atoms with Crippen LogP contribution in [0.25, 0.3) is 0 Å². The number of benzene rings is 3. The first-order valence-corrected chi connectivity index (χ1v) is 11.3. The monoisotopic (exact) mass is 515 g/mol. The Balaban J connectivity index is 1.60. The van der Waals surface area contributed by atoms with Gasteiger partial charge in [0.2, 0.25) is 0 Å². The van der Waals surface area contributed by atoms with Crippen molar-refractivity contribution in [3.8, 4) is 17.2 Å². The maximum atomic E-state index is 12.2. The number of nitrogens with one attached hydrogen (secondary N) is 2. The van der Waals surface area contributed by atoms with Crippen LogP contribution in [0.3, 0.4) is 0 Å². The molecule has 35 heavy (non-hydrogen) atoms. The van der Waals surface area contributed by atoms with Crippen molar-refractivity contribution in [1.82, 2.24) is 5.43 Å². The van der Waals surface area contributed by atoms with Crippen LogP contribution in [0.4, 0.5) is 5.69 Å². The number of ether oxygens (including phenoxy) is 3. The van der Waals surface area contributed by atoms with E-state index in [1.54, 1.807) is 60.7 Å². The van der Waals surface area contributed by atoms with Gasteiger partial charge in [-0.2, -0.15) is 5.10 Å². The fourth-order valence-corrected chi connectivity index (χ4v) is 3.46. The summed E-state index contributed by atoms with van der Waals surface area (Å²) in [5, 5.41) is 7.34. The molecule has 182 valence electrons. The van der Waals surface area contributed by atoms with Gasteiger partial charge >= 0.3 is 11.8 Å². The SMILES string of the molecule is CCOc1ccccc1NC(=O)C(=O)N/N=C\c1ccc(OCc2c(Cl)cccc2Cl)c(OC)c1. The minimum atomic E-state index is -0.934. The van der Waals surface area contributed by atoms with E-state index >= 15 is 0 Å². The third kappa shape index (κ3) is 7.11. The second kappa shape index (κ2) is 12.6. The van der Waals surface area contributed by atoms with E-state index in [1.165, 1.54) is 13.3 Å². The summed E-state index contributed by atoms with van der Waals surface area (Å²) in [6, 6.07) is 17.1. The van der Waals surface area contributed by atoms with Gasteiger partial charge in [0.1, 0.15) is 12.4 Å². The minimum Gasteiger partial charge on any atom is -0.493 e. The van der Waals surface area contributed by atoms with Crippen LogP contribution >= 0.6 is 23.2 Å². The first kappa shape index (κ1) is 25.9. The second-order valence-corrected chi connectivity index (χ2v) is 7.80. The van der Waals surface area contributed by atoms with Gasteiger partial charge in [0.15, 0.2) is 11.5 Å². The number of para-hydroxylation sites is 2. The third-order valence-electron chi connectivity index (χ3n) is 4.64. The zero-order valence-corrected chi connectivity index (χ0v) is 20.5. The Morgan fingerprint density at radius 1 is 0.914 bits per heavy atom. The Labute approximate surface area is 212 Å². The summed E-state index contributed by atoms with van der Waals surface area (Å²) in [5.74, 6) is -0.443. The molecule has 0 aliphatic carbocycles. The average molecular weight is 516 g/mol. The Kier molecular flexibility index (Phi) is 9.34. The number of hydrazone groups is 1. The number of hydrogen-bond donors (Lipinski definition) is 2. The van der Waals surface area contributed by atoms with Crippen molar-refractivity contribution in [3.63, 3.8) is 0 Å². The summed E-state index contributed by atoms with van der Waals surface area (Å²) >= 11 is 12.4. The summed E-state index contributed by atoms with van der Waals surface area (Å²) in [7, 11) is 1.50. The fraction of sp³-hybridized carbons (Fsp3) is 0.160. The van der Waals surface area contributed by atoms with Crippen molar-refractivity contribution in [3.05, 3.63) is 81.8 Å². The van der Waals surface area contributed by atoms with E-state index in [4.69, 9.17) is 37.4 Å². The molecule has 0 aromatic heterocycles. The maximum absolute atomic E-state index is 12.2. The molecule has 3 rings (SSSR count). The standard InChI is InChI=1S/C25H23Cl2N3O5/c1-3-34-21-10-5-4-9-20(21)29-24(31)25(32)30-28-14-16-11-12-22(23(13-16)33-2)35-15-17-18(26)7-6-8-19(17)27/h4-14H,3,15H2,1-2H3,(H,29,31)(H,30,32)/b28-14-. The molecule has 0 atom stereocenters.